The van der Waals surface area contributed by atoms with E-state index in [0.29, 0.717) is 19.3 Å². The predicted octanol–water partition coefficient (Wildman–Crippen LogP) is 2.99. The molecule has 2 aromatic rings. The Morgan fingerprint density at radius 2 is 2.14 bits per heavy atom. The molecule has 6 heteroatoms. The van der Waals surface area contributed by atoms with Crippen LogP contribution in [0.15, 0.2) is 24.3 Å². The average molecular weight is 320 g/mol. The van der Waals surface area contributed by atoms with Crippen LogP contribution in [0.4, 0.5) is 0 Å². The smallest absolute Gasteiger partial charge is 0.326 e. The van der Waals surface area contributed by atoms with Crippen molar-refractivity contribution in [1.82, 2.24) is 10.3 Å². The van der Waals surface area contributed by atoms with Gasteiger partial charge in [-0.2, -0.15) is 0 Å². The number of fused-ring (bicyclic) bond motifs is 1. The normalized spacial score (nSPS) is 12.2. The van der Waals surface area contributed by atoms with Gasteiger partial charge in [0, 0.05) is 6.42 Å². The fourth-order valence-corrected chi connectivity index (χ4v) is 3.25. The third-order valence-corrected chi connectivity index (χ3v) is 4.44. The van der Waals surface area contributed by atoms with Crippen LogP contribution in [0.3, 0.4) is 0 Å². The number of para-hydroxylation sites is 1. The van der Waals surface area contributed by atoms with E-state index < -0.39 is 12.0 Å². The first kappa shape index (κ1) is 16.4. The fraction of sp³-hybridized carbons (Fsp3) is 0.438. The van der Waals surface area contributed by atoms with Crippen LogP contribution >= 0.6 is 11.3 Å². The zero-order valence-electron chi connectivity index (χ0n) is 12.5. The number of rotatable bonds is 8. The van der Waals surface area contributed by atoms with Crippen LogP contribution in [0.1, 0.15) is 37.6 Å². The molecule has 118 valence electrons. The highest BCUT2D eigenvalue weighted by atomic mass is 32.1. The molecule has 0 saturated carbocycles. The second-order valence-electron chi connectivity index (χ2n) is 5.18. The van der Waals surface area contributed by atoms with Gasteiger partial charge in [-0.3, -0.25) is 4.79 Å². The number of thiazole rings is 1. The van der Waals surface area contributed by atoms with Gasteiger partial charge >= 0.3 is 5.97 Å². The van der Waals surface area contributed by atoms with Gasteiger partial charge in [0.2, 0.25) is 5.91 Å². The monoisotopic (exact) mass is 320 g/mol. The standard InChI is InChI=1S/C16H20N2O3S/c1-2-6-12(16(20)21)17-14(19)9-5-10-15-18-11-7-3-4-8-13(11)22-15/h3-4,7-8,12H,2,5-6,9-10H2,1H3,(H,17,19)(H,20,21). The maximum Gasteiger partial charge on any atom is 0.326 e. The van der Waals surface area contributed by atoms with E-state index in [9.17, 15) is 9.59 Å². The second kappa shape index (κ2) is 7.89. The summed E-state index contributed by atoms with van der Waals surface area (Å²) in [5.41, 5.74) is 0.987. The summed E-state index contributed by atoms with van der Waals surface area (Å²) in [5.74, 6) is -1.18. The number of benzene rings is 1. The SMILES string of the molecule is CCCC(NC(=O)CCCc1nc2ccccc2s1)C(=O)O. The van der Waals surface area contributed by atoms with Gasteiger partial charge < -0.3 is 10.4 Å². The molecule has 2 N–H and O–H groups in total. The van der Waals surface area contributed by atoms with Crippen molar-refractivity contribution in [3.8, 4) is 0 Å². The predicted molar refractivity (Wildman–Crippen MR) is 87.0 cm³/mol. The maximum atomic E-state index is 11.8. The van der Waals surface area contributed by atoms with E-state index >= 15 is 0 Å². The summed E-state index contributed by atoms with van der Waals surface area (Å²) in [5, 5.41) is 12.6. The van der Waals surface area contributed by atoms with Gasteiger partial charge in [-0.05, 0) is 31.4 Å². The van der Waals surface area contributed by atoms with E-state index in [4.69, 9.17) is 5.11 Å². The van der Waals surface area contributed by atoms with Crippen molar-refractivity contribution >= 4 is 33.4 Å². The van der Waals surface area contributed by atoms with Crippen LogP contribution in [0, 0.1) is 0 Å². The Morgan fingerprint density at radius 3 is 2.82 bits per heavy atom. The van der Waals surface area contributed by atoms with E-state index in [1.165, 1.54) is 0 Å². The quantitative estimate of drug-likeness (QED) is 0.783. The zero-order chi connectivity index (χ0) is 15.9. The van der Waals surface area contributed by atoms with Crippen molar-refractivity contribution in [2.75, 3.05) is 0 Å². The van der Waals surface area contributed by atoms with Crippen molar-refractivity contribution < 1.29 is 14.7 Å². The van der Waals surface area contributed by atoms with Crippen LogP contribution in [0.5, 0.6) is 0 Å². The first-order chi connectivity index (χ1) is 10.6. The number of hydrogen-bond donors (Lipinski definition) is 2. The number of aryl methyl sites for hydroxylation is 1. The molecular formula is C16H20N2O3S. The van der Waals surface area contributed by atoms with Crippen LogP contribution in [-0.4, -0.2) is 28.0 Å². The van der Waals surface area contributed by atoms with Gasteiger partial charge in [0.15, 0.2) is 0 Å². The summed E-state index contributed by atoms with van der Waals surface area (Å²) in [4.78, 5) is 27.3. The molecule has 0 aliphatic heterocycles. The zero-order valence-corrected chi connectivity index (χ0v) is 13.4. The van der Waals surface area contributed by atoms with E-state index in [1.807, 2.05) is 31.2 Å². The molecule has 1 atom stereocenters. The summed E-state index contributed by atoms with van der Waals surface area (Å²) in [6, 6.07) is 7.17. The molecule has 0 saturated heterocycles. The molecule has 1 aromatic carbocycles. The molecule has 0 fully saturated rings. The number of amides is 1. The lowest BCUT2D eigenvalue weighted by Gasteiger charge is -2.13. The molecule has 1 amide bonds. The molecule has 2 rings (SSSR count). The lowest BCUT2D eigenvalue weighted by Crippen LogP contribution is -2.40. The Balaban J connectivity index is 1.80. The van der Waals surface area contributed by atoms with Crippen LogP contribution in [0.2, 0.25) is 0 Å². The summed E-state index contributed by atoms with van der Waals surface area (Å²) in [6.07, 6.45) is 2.91. The minimum atomic E-state index is -0.971. The van der Waals surface area contributed by atoms with Crippen molar-refractivity contribution in [2.24, 2.45) is 0 Å². The average Bonchev–Trinajstić information content (AvgIpc) is 2.89. The van der Waals surface area contributed by atoms with Crippen molar-refractivity contribution in [3.05, 3.63) is 29.3 Å². The van der Waals surface area contributed by atoms with Crippen LogP contribution in [-0.2, 0) is 16.0 Å². The van der Waals surface area contributed by atoms with Crippen LogP contribution in [0.25, 0.3) is 10.2 Å². The number of hydrogen-bond acceptors (Lipinski definition) is 4. The Kier molecular flexibility index (Phi) is 5.89. The first-order valence-corrected chi connectivity index (χ1v) is 8.28. The van der Waals surface area contributed by atoms with E-state index in [2.05, 4.69) is 10.3 Å². The number of carbonyl (C=O) groups excluding carboxylic acids is 1. The highest BCUT2D eigenvalue weighted by molar-refractivity contribution is 7.18. The highest BCUT2D eigenvalue weighted by Gasteiger charge is 2.18. The lowest BCUT2D eigenvalue weighted by atomic mass is 10.1. The molecule has 1 aromatic heterocycles. The third-order valence-electron chi connectivity index (χ3n) is 3.34. The Bertz CT molecular complexity index is 621. The van der Waals surface area contributed by atoms with E-state index in [1.54, 1.807) is 11.3 Å². The molecule has 0 aliphatic rings. The molecule has 0 spiro atoms. The minimum absolute atomic E-state index is 0.207. The van der Waals surface area contributed by atoms with Gasteiger partial charge in [-0.25, -0.2) is 9.78 Å². The second-order valence-corrected chi connectivity index (χ2v) is 6.29. The number of nitrogens with one attached hydrogen (secondary N) is 1. The molecule has 22 heavy (non-hydrogen) atoms. The third kappa shape index (κ3) is 4.53. The molecule has 0 bridgehead atoms. The summed E-state index contributed by atoms with van der Waals surface area (Å²) in [6.45, 7) is 1.90. The largest absolute Gasteiger partial charge is 0.480 e. The van der Waals surface area contributed by atoms with E-state index in [0.717, 1.165) is 28.1 Å². The lowest BCUT2D eigenvalue weighted by molar-refractivity contribution is -0.142. The molecule has 0 aliphatic carbocycles. The number of carboxylic acids is 1. The number of nitrogens with zero attached hydrogens (tertiary/aromatic N) is 1. The van der Waals surface area contributed by atoms with E-state index in [-0.39, 0.29) is 5.91 Å². The Labute approximate surface area is 133 Å². The highest BCUT2D eigenvalue weighted by Crippen LogP contribution is 2.22. The van der Waals surface area contributed by atoms with Gasteiger partial charge in [-0.15, -0.1) is 11.3 Å². The summed E-state index contributed by atoms with van der Waals surface area (Å²) >= 11 is 1.64. The van der Waals surface area contributed by atoms with Gasteiger partial charge in [0.1, 0.15) is 6.04 Å². The molecule has 0 radical (unpaired) electrons. The maximum absolute atomic E-state index is 11.8. The van der Waals surface area contributed by atoms with Crippen molar-refractivity contribution in [2.45, 2.75) is 45.1 Å². The van der Waals surface area contributed by atoms with Crippen molar-refractivity contribution in [1.29, 1.82) is 0 Å². The molecule has 1 heterocycles. The van der Waals surface area contributed by atoms with Gasteiger partial charge in [0.25, 0.3) is 0 Å². The molecular weight excluding hydrogens is 300 g/mol. The summed E-state index contributed by atoms with van der Waals surface area (Å²) < 4.78 is 1.15. The Morgan fingerprint density at radius 1 is 1.36 bits per heavy atom. The minimum Gasteiger partial charge on any atom is -0.480 e. The molecule has 1 unspecified atom stereocenters. The molecule has 5 nitrogen and oxygen atoms in total. The fourth-order valence-electron chi connectivity index (χ4n) is 2.24. The topological polar surface area (TPSA) is 79.3 Å². The summed E-state index contributed by atoms with van der Waals surface area (Å²) in [7, 11) is 0. The van der Waals surface area contributed by atoms with Crippen molar-refractivity contribution in [3.63, 3.8) is 0 Å². The van der Waals surface area contributed by atoms with Gasteiger partial charge in [-0.1, -0.05) is 25.5 Å². The number of carbonyl (C=O) groups is 2. The number of carboxylic acid groups (broad SMARTS) is 1. The number of aromatic nitrogens is 1. The van der Waals surface area contributed by atoms with Crippen LogP contribution < -0.4 is 5.32 Å². The van der Waals surface area contributed by atoms with Gasteiger partial charge in [0.05, 0.1) is 15.2 Å². The first-order valence-electron chi connectivity index (χ1n) is 7.46. The number of aliphatic carboxylic acids is 1. The Hall–Kier alpha value is -1.95.